The zero-order valence-corrected chi connectivity index (χ0v) is 12.2. The quantitative estimate of drug-likeness (QED) is 0.839. The van der Waals surface area contributed by atoms with Crippen LogP contribution in [0.5, 0.6) is 0 Å². The van der Waals surface area contributed by atoms with Crippen molar-refractivity contribution in [2.24, 2.45) is 0 Å². The van der Waals surface area contributed by atoms with E-state index in [1.807, 2.05) is 26.0 Å². The lowest BCUT2D eigenvalue weighted by molar-refractivity contribution is 0.0149. The normalized spacial score (nSPS) is 14.7. The molecule has 0 spiro atoms. The number of benzene rings is 1. The van der Waals surface area contributed by atoms with Crippen molar-refractivity contribution in [1.82, 2.24) is 0 Å². The Hall–Kier alpha value is -0.420. The van der Waals surface area contributed by atoms with Gasteiger partial charge in [0.15, 0.2) is 0 Å². The Balaban J connectivity index is 2.34. The van der Waals surface area contributed by atoms with Crippen molar-refractivity contribution < 1.29 is 14.1 Å². The van der Waals surface area contributed by atoms with E-state index in [1.165, 1.54) is 0 Å². The van der Waals surface area contributed by atoms with E-state index in [9.17, 15) is 9.32 Å². The molecule has 0 bridgehead atoms. The van der Waals surface area contributed by atoms with Crippen LogP contribution in [0.4, 0.5) is 0 Å². The molecule has 1 aromatic rings. The lowest BCUT2D eigenvalue weighted by Gasteiger charge is -2.13. The zero-order chi connectivity index (χ0) is 13.5. The average molecular weight is 291 g/mol. The molecule has 5 heteroatoms. The van der Waals surface area contributed by atoms with Crippen LogP contribution in [0.25, 0.3) is 0 Å². The van der Waals surface area contributed by atoms with Gasteiger partial charge in [0.2, 0.25) is 0 Å². The highest BCUT2D eigenvalue weighted by Gasteiger charge is 2.11. The molecule has 1 aromatic carbocycles. The lowest BCUT2D eigenvalue weighted by atomic mass is 10.2. The highest BCUT2D eigenvalue weighted by Crippen LogP contribution is 2.11. The first kappa shape index (κ1) is 15.6. The molecule has 0 aliphatic carbocycles. The molecular weight excluding hydrogens is 272 g/mol. The minimum Gasteiger partial charge on any atom is -0.390 e. The number of hydrogen-bond acceptors (Lipinski definition) is 3. The molecule has 2 atom stereocenters. The van der Waals surface area contributed by atoms with Crippen LogP contribution >= 0.6 is 11.6 Å². The molecule has 0 aliphatic rings. The maximum atomic E-state index is 11.8. The molecule has 0 unspecified atom stereocenters. The Bertz CT molecular complexity index is 378. The van der Waals surface area contributed by atoms with Gasteiger partial charge in [-0.1, -0.05) is 23.7 Å². The van der Waals surface area contributed by atoms with Gasteiger partial charge < -0.3 is 9.84 Å². The van der Waals surface area contributed by atoms with E-state index in [4.69, 9.17) is 16.3 Å². The molecule has 0 radical (unpaired) electrons. The van der Waals surface area contributed by atoms with Gasteiger partial charge >= 0.3 is 0 Å². The fraction of sp³-hybridized carbons (Fsp3) is 0.538. The van der Waals surface area contributed by atoms with Crippen LogP contribution in [0, 0.1) is 0 Å². The summed E-state index contributed by atoms with van der Waals surface area (Å²) in [5.41, 5.74) is 0.953. The van der Waals surface area contributed by atoms with Crippen molar-refractivity contribution in [1.29, 1.82) is 0 Å². The van der Waals surface area contributed by atoms with Crippen LogP contribution in [0.2, 0.25) is 5.02 Å². The summed E-state index contributed by atoms with van der Waals surface area (Å²) in [7, 11) is -1.10. The van der Waals surface area contributed by atoms with Crippen LogP contribution < -0.4 is 0 Å². The van der Waals surface area contributed by atoms with Crippen molar-refractivity contribution in [3.63, 3.8) is 0 Å². The number of halogens is 1. The largest absolute Gasteiger partial charge is 0.390 e. The van der Waals surface area contributed by atoms with Crippen molar-refractivity contribution in [3.05, 3.63) is 34.9 Å². The molecular formula is C13H19ClO3S. The number of aliphatic hydroxyl groups excluding tert-OH is 1. The summed E-state index contributed by atoms with van der Waals surface area (Å²) in [6.45, 7) is 4.03. The molecule has 0 aromatic heterocycles. The Morgan fingerprint density at radius 2 is 1.94 bits per heavy atom. The second kappa shape index (κ2) is 7.89. The monoisotopic (exact) mass is 290 g/mol. The van der Waals surface area contributed by atoms with Gasteiger partial charge in [-0.25, -0.2) is 0 Å². The molecule has 18 heavy (non-hydrogen) atoms. The van der Waals surface area contributed by atoms with Gasteiger partial charge in [0.05, 0.1) is 24.6 Å². The highest BCUT2D eigenvalue weighted by atomic mass is 35.5. The minimum absolute atomic E-state index is 0.0735. The van der Waals surface area contributed by atoms with Crippen molar-refractivity contribution in [2.75, 3.05) is 12.4 Å². The van der Waals surface area contributed by atoms with Crippen molar-refractivity contribution >= 4 is 22.4 Å². The Kier molecular flexibility index (Phi) is 6.86. The average Bonchev–Trinajstić information content (AvgIpc) is 2.29. The summed E-state index contributed by atoms with van der Waals surface area (Å²) in [6.07, 6.45) is -0.607. The molecule has 0 saturated carbocycles. The maximum Gasteiger partial charge on any atom is 0.0888 e. The van der Waals surface area contributed by atoms with Crippen LogP contribution in [-0.4, -0.2) is 33.9 Å². The summed E-state index contributed by atoms with van der Waals surface area (Å²) in [6, 6.07) is 7.23. The molecule has 0 aliphatic heterocycles. The third-order valence-corrected chi connectivity index (χ3v) is 3.90. The number of aliphatic hydroxyl groups is 1. The van der Waals surface area contributed by atoms with Crippen molar-refractivity contribution in [2.45, 2.75) is 31.8 Å². The standard InChI is InChI=1S/C13H19ClO3S/c1-10(2)17-7-13(15)9-18(16)8-11-3-5-12(14)6-4-11/h3-6,10,13,15H,7-9H2,1-2H3/t13-,18+/m0/s1. The molecule has 1 N–H and O–H groups in total. The van der Waals surface area contributed by atoms with Crippen LogP contribution in [0.15, 0.2) is 24.3 Å². The summed E-state index contributed by atoms with van der Waals surface area (Å²) in [4.78, 5) is 0. The van der Waals surface area contributed by atoms with Gasteiger partial charge in [-0.15, -0.1) is 0 Å². The van der Waals surface area contributed by atoms with E-state index in [-0.39, 0.29) is 18.5 Å². The third-order valence-electron chi connectivity index (χ3n) is 2.24. The van der Waals surface area contributed by atoms with Crippen LogP contribution in [-0.2, 0) is 21.3 Å². The fourth-order valence-electron chi connectivity index (χ4n) is 1.39. The second-order valence-corrected chi connectivity index (χ2v) is 6.35. The van der Waals surface area contributed by atoms with Gasteiger partial charge in [0.1, 0.15) is 0 Å². The summed E-state index contributed by atoms with van der Waals surface area (Å²) < 4.78 is 17.1. The maximum absolute atomic E-state index is 11.8. The Labute approximate surface area is 116 Å². The molecule has 0 saturated heterocycles. The molecule has 102 valence electrons. The predicted molar refractivity (Wildman–Crippen MR) is 75.3 cm³/mol. The molecule has 0 amide bonds. The first-order valence-corrected chi connectivity index (χ1v) is 7.73. The van der Waals surface area contributed by atoms with Gasteiger partial charge in [-0.05, 0) is 31.5 Å². The van der Waals surface area contributed by atoms with E-state index < -0.39 is 16.9 Å². The first-order chi connectivity index (χ1) is 8.47. The van der Waals surface area contributed by atoms with E-state index in [0.29, 0.717) is 10.8 Å². The molecule has 0 heterocycles. The number of ether oxygens (including phenoxy) is 1. The van der Waals surface area contributed by atoms with E-state index in [2.05, 4.69) is 0 Å². The summed E-state index contributed by atoms with van der Waals surface area (Å²) in [5.74, 6) is 0.658. The number of rotatable bonds is 7. The lowest BCUT2D eigenvalue weighted by Crippen LogP contribution is -2.25. The Morgan fingerprint density at radius 1 is 1.33 bits per heavy atom. The third kappa shape index (κ3) is 6.50. The Morgan fingerprint density at radius 3 is 2.50 bits per heavy atom. The van der Waals surface area contributed by atoms with Gasteiger partial charge in [0.25, 0.3) is 0 Å². The summed E-state index contributed by atoms with van der Waals surface area (Å²) in [5, 5.41) is 10.3. The van der Waals surface area contributed by atoms with Gasteiger partial charge in [-0.2, -0.15) is 0 Å². The minimum atomic E-state index is -1.10. The zero-order valence-electron chi connectivity index (χ0n) is 10.6. The van der Waals surface area contributed by atoms with Gasteiger partial charge in [0, 0.05) is 21.6 Å². The predicted octanol–water partition coefficient (Wildman–Crippen LogP) is 2.37. The van der Waals surface area contributed by atoms with E-state index in [0.717, 1.165) is 5.56 Å². The smallest absolute Gasteiger partial charge is 0.0888 e. The topological polar surface area (TPSA) is 46.5 Å². The SMILES string of the molecule is CC(C)OC[C@H](O)C[S@](=O)Cc1ccc(Cl)cc1. The van der Waals surface area contributed by atoms with Crippen molar-refractivity contribution in [3.8, 4) is 0 Å². The van der Waals surface area contributed by atoms with Gasteiger partial charge in [-0.3, -0.25) is 4.21 Å². The van der Waals surface area contributed by atoms with E-state index >= 15 is 0 Å². The molecule has 0 fully saturated rings. The van der Waals surface area contributed by atoms with Crippen LogP contribution in [0.3, 0.4) is 0 Å². The first-order valence-electron chi connectivity index (χ1n) is 5.86. The molecule has 3 nitrogen and oxygen atoms in total. The van der Waals surface area contributed by atoms with Crippen LogP contribution in [0.1, 0.15) is 19.4 Å². The second-order valence-electron chi connectivity index (χ2n) is 4.41. The summed E-state index contributed by atoms with van der Waals surface area (Å²) >= 11 is 5.77. The highest BCUT2D eigenvalue weighted by molar-refractivity contribution is 7.84. The number of hydrogen-bond donors (Lipinski definition) is 1. The van der Waals surface area contributed by atoms with E-state index in [1.54, 1.807) is 12.1 Å². The molecule has 1 rings (SSSR count). The fourth-order valence-corrected chi connectivity index (χ4v) is 2.73.